The normalized spacial score (nSPS) is 12.0. The average Bonchev–Trinajstić information content (AvgIpc) is 2.69. The summed E-state index contributed by atoms with van der Waals surface area (Å²) in [5, 5.41) is 0. The van der Waals surface area contributed by atoms with Crippen LogP contribution in [0.3, 0.4) is 0 Å². The second kappa shape index (κ2) is 8.93. The van der Waals surface area contributed by atoms with Crippen molar-refractivity contribution in [1.82, 2.24) is 0 Å². The fraction of sp³-hybridized carbons (Fsp3) is 0.400. The first kappa shape index (κ1) is 20.8. The highest BCUT2D eigenvalue weighted by Gasteiger charge is 2.20. The fourth-order valence-corrected chi connectivity index (χ4v) is 4.93. The number of rotatable bonds is 9. The van der Waals surface area contributed by atoms with E-state index in [0.29, 0.717) is 36.1 Å². The molecule has 0 spiro atoms. The molecule has 142 valence electrons. The van der Waals surface area contributed by atoms with E-state index in [9.17, 15) is 9.13 Å². The molecule has 0 bridgehead atoms. The molecule has 0 radical (unpaired) electrons. The van der Waals surface area contributed by atoms with Crippen LogP contribution in [-0.4, -0.2) is 24.6 Å². The minimum Gasteiger partial charge on any atom is -0.443 e. The third kappa shape index (κ3) is 5.25. The number of hydrogen-bond donors (Lipinski definition) is 0. The van der Waals surface area contributed by atoms with E-state index < -0.39 is 14.7 Å². The zero-order chi connectivity index (χ0) is 19.2. The van der Waals surface area contributed by atoms with Gasteiger partial charge in [0.25, 0.3) is 0 Å². The van der Waals surface area contributed by atoms with Crippen molar-refractivity contribution in [2.24, 2.45) is 0 Å². The van der Waals surface area contributed by atoms with Crippen molar-refractivity contribution in [3.05, 3.63) is 48.5 Å². The molecule has 0 aliphatic carbocycles. The van der Waals surface area contributed by atoms with Crippen LogP contribution in [0, 0.1) is 0 Å². The van der Waals surface area contributed by atoms with Gasteiger partial charge in [-0.1, -0.05) is 52.0 Å². The second-order valence-corrected chi connectivity index (χ2v) is 12.3. The largest absolute Gasteiger partial charge is 0.443 e. The molecule has 0 unspecified atom stereocenters. The molecule has 2 rings (SSSR count). The van der Waals surface area contributed by atoms with Crippen LogP contribution in [-0.2, 0) is 9.13 Å². The Morgan fingerprint density at radius 1 is 0.577 bits per heavy atom. The van der Waals surface area contributed by atoms with Gasteiger partial charge in [-0.15, -0.1) is 0 Å². The number of hydrogen-bond acceptors (Lipinski definition) is 4. The fourth-order valence-electron chi connectivity index (χ4n) is 2.51. The van der Waals surface area contributed by atoms with E-state index in [0.717, 1.165) is 11.1 Å². The minimum atomic E-state index is -2.57. The summed E-state index contributed by atoms with van der Waals surface area (Å²) >= 11 is 0. The van der Waals surface area contributed by atoms with E-state index in [4.69, 9.17) is 9.05 Å². The summed E-state index contributed by atoms with van der Waals surface area (Å²) in [4.78, 5) is 0. The first-order valence-electron chi connectivity index (χ1n) is 9.12. The molecule has 0 aromatic heterocycles. The number of benzene rings is 2. The van der Waals surface area contributed by atoms with Gasteiger partial charge in [0.2, 0.25) is 14.7 Å². The molecular formula is C20H28O4P2. The van der Waals surface area contributed by atoms with Crippen molar-refractivity contribution < 1.29 is 18.2 Å². The van der Waals surface area contributed by atoms with E-state index in [1.54, 1.807) is 0 Å². The molecule has 6 heteroatoms. The molecule has 0 saturated carbocycles. The third-order valence-corrected chi connectivity index (χ3v) is 9.45. The van der Waals surface area contributed by atoms with Crippen molar-refractivity contribution in [3.8, 4) is 22.6 Å². The Labute approximate surface area is 156 Å². The summed E-state index contributed by atoms with van der Waals surface area (Å²) < 4.78 is 36.2. The van der Waals surface area contributed by atoms with E-state index in [1.807, 2.05) is 76.2 Å². The van der Waals surface area contributed by atoms with Crippen LogP contribution in [0.1, 0.15) is 27.7 Å². The minimum absolute atomic E-state index is 0.534. The Morgan fingerprint density at radius 2 is 0.846 bits per heavy atom. The molecule has 0 aliphatic rings. The molecule has 0 aliphatic heterocycles. The molecular weight excluding hydrogens is 366 g/mol. The van der Waals surface area contributed by atoms with E-state index in [1.165, 1.54) is 0 Å². The highest BCUT2D eigenvalue weighted by Crippen LogP contribution is 2.47. The van der Waals surface area contributed by atoms with Gasteiger partial charge >= 0.3 is 0 Å². The second-order valence-electron chi connectivity index (χ2n) is 6.13. The standard InChI is InChI=1S/C20H28O4P2/c1-5-25(21,6-2)23-19-13-9-17(10-14-19)18-11-15-20(16-12-18)24-26(22,7-3)8-4/h9-16H,5-8H2,1-4H3. The molecule has 0 atom stereocenters. The predicted octanol–water partition coefficient (Wildman–Crippen LogP) is 6.75. The van der Waals surface area contributed by atoms with Gasteiger partial charge in [-0.05, 0) is 35.4 Å². The van der Waals surface area contributed by atoms with Crippen LogP contribution in [0.15, 0.2) is 48.5 Å². The zero-order valence-corrected chi connectivity index (χ0v) is 17.8. The maximum absolute atomic E-state index is 12.4. The summed E-state index contributed by atoms with van der Waals surface area (Å²) in [7, 11) is -5.13. The molecule has 0 saturated heterocycles. The van der Waals surface area contributed by atoms with Crippen molar-refractivity contribution in [3.63, 3.8) is 0 Å². The van der Waals surface area contributed by atoms with Gasteiger partial charge in [0, 0.05) is 24.6 Å². The third-order valence-electron chi connectivity index (χ3n) is 4.51. The van der Waals surface area contributed by atoms with Crippen molar-refractivity contribution in [2.75, 3.05) is 24.6 Å². The molecule has 2 aromatic carbocycles. The lowest BCUT2D eigenvalue weighted by molar-refractivity contribution is 0.482. The van der Waals surface area contributed by atoms with E-state index >= 15 is 0 Å². The van der Waals surface area contributed by atoms with Crippen LogP contribution in [0.5, 0.6) is 11.5 Å². The van der Waals surface area contributed by atoms with Crippen molar-refractivity contribution >= 4 is 14.7 Å². The predicted molar refractivity (Wildman–Crippen MR) is 111 cm³/mol. The van der Waals surface area contributed by atoms with Crippen LogP contribution < -0.4 is 9.05 Å². The van der Waals surface area contributed by atoms with Gasteiger partial charge in [0.15, 0.2) is 0 Å². The average molecular weight is 394 g/mol. The van der Waals surface area contributed by atoms with Gasteiger partial charge in [-0.3, -0.25) is 9.13 Å². The summed E-state index contributed by atoms with van der Waals surface area (Å²) in [5.74, 6) is 1.26. The van der Waals surface area contributed by atoms with Gasteiger partial charge in [0.1, 0.15) is 11.5 Å². The molecule has 0 fully saturated rings. The van der Waals surface area contributed by atoms with Gasteiger partial charge < -0.3 is 9.05 Å². The smallest absolute Gasteiger partial charge is 0.247 e. The Balaban J connectivity index is 2.12. The molecule has 0 heterocycles. The zero-order valence-electron chi connectivity index (χ0n) is 16.0. The lowest BCUT2D eigenvalue weighted by Crippen LogP contribution is -1.98. The lowest BCUT2D eigenvalue weighted by atomic mass is 10.1. The van der Waals surface area contributed by atoms with Gasteiger partial charge in [-0.2, -0.15) is 0 Å². The Kier molecular flexibility index (Phi) is 7.15. The molecule has 4 nitrogen and oxygen atoms in total. The van der Waals surface area contributed by atoms with E-state index in [-0.39, 0.29) is 0 Å². The summed E-state index contributed by atoms with van der Waals surface area (Å²) in [6.45, 7) is 7.55. The first-order valence-corrected chi connectivity index (χ1v) is 13.1. The lowest BCUT2D eigenvalue weighted by Gasteiger charge is -2.17. The van der Waals surface area contributed by atoms with Gasteiger partial charge in [0.05, 0.1) is 0 Å². The van der Waals surface area contributed by atoms with Gasteiger partial charge in [-0.25, -0.2) is 0 Å². The van der Waals surface area contributed by atoms with Crippen molar-refractivity contribution in [1.29, 1.82) is 0 Å². The highest BCUT2D eigenvalue weighted by atomic mass is 31.2. The van der Waals surface area contributed by atoms with Crippen LogP contribution in [0.2, 0.25) is 0 Å². The quantitative estimate of drug-likeness (QED) is 0.442. The Hall–Kier alpha value is -1.50. The van der Waals surface area contributed by atoms with Crippen molar-refractivity contribution in [2.45, 2.75) is 27.7 Å². The molecule has 0 amide bonds. The maximum Gasteiger partial charge on any atom is 0.247 e. The summed E-state index contributed by atoms with van der Waals surface area (Å²) in [5.41, 5.74) is 2.06. The first-order chi connectivity index (χ1) is 12.4. The Morgan fingerprint density at radius 3 is 1.08 bits per heavy atom. The Bertz CT molecular complexity index is 712. The van der Waals surface area contributed by atoms with E-state index in [2.05, 4.69) is 0 Å². The SMILES string of the molecule is CCP(=O)(CC)Oc1ccc(-c2ccc(OP(=O)(CC)CC)cc2)cc1. The molecule has 26 heavy (non-hydrogen) atoms. The maximum atomic E-state index is 12.4. The summed E-state index contributed by atoms with van der Waals surface area (Å²) in [6, 6.07) is 15.2. The van der Waals surface area contributed by atoms with Crippen LogP contribution in [0.25, 0.3) is 11.1 Å². The topological polar surface area (TPSA) is 52.6 Å². The monoisotopic (exact) mass is 394 g/mol. The molecule has 2 aromatic rings. The van der Waals surface area contributed by atoms with Crippen LogP contribution >= 0.6 is 14.7 Å². The highest BCUT2D eigenvalue weighted by molar-refractivity contribution is 7.59. The molecule has 0 N–H and O–H groups in total. The summed E-state index contributed by atoms with van der Waals surface area (Å²) in [6.07, 6.45) is 2.14. The van der Waals surface area contributed by atoms with Crippen LogP contribution in [0.4, 0.5) is 0 Å².